The number of nitrogens with zero attached hydrogens (tertiary/aromatic N) is 2. The number of carbonyl (C=O) groups excluding carboxylic acids is 2. The van der Waals surface area contributed by atoms with Gasteiger partial charge in [0.05, 0.1) is 17.2 Å². The number of likely N-dealkylation sites (tertiary alicyclic amines) is 1. The number of rotatable bonds is 3. The zero-order valence-corrected chi connectivity index (χ0v) is 16.4. The molecule has 2 aliphatic rings. The van der Waals surface area contributed by atoms with E-state index in [1.165, 1.54) is 0 Å². The van der Waals surface area contributed by atoms with Crippen molar-refractivity contribution in [1.82, 2.24) is 4.90 Å². The lowest BCUT2D eigenvalue weighted by molar-refractivity contribution is -0.140. The molecule has 2 heterocycles. The van der Waals surface area contributed by atoms with Crippen molar-refractivity contribution in [2.75, 3.05) is 6.54 Å². The molecule has 2 atom stereocenters. The maximum Gasteiger partial charge on any atom is 0.338 e. The predicted octanol–water partition coefficient (Wildman–Crippen LogP) is 3.62. The van der Waals surface area contributed by atoms with Gasteiger partial charge in [-0.15, -0.1) is 0 Å². The zero-order chi connectivity index (χ0) is 20.6. The minimum atomic E-state index is -0.862. The van der Waals surface area contributed by atoms with Crippen LogP contribution >= 0.6 is 0 Å². The van der Waals surface area contributed by atoms with E-state index in [9.17, 15) is 14.9 Å². The molecule has 2 aromatic rings. The van der Waals surface area contributed by atoms with Gasteiger partial charge in [0.1, 0.15) is 17.4 Å². The molecule has 148 valence electrons. The molecule has 0 aliphatic carbocycles. The molecule has 6 heteroatoms. The van der Waals surface area contributed by atoms with Crippen molar-refractivity contribution < 1.29 is 19.1 Å². The lowest BCUT2D eigenvalue weighted by Crippen LogP contribution is -2.55. The molecule has 6 nitrogen and oxygen atoms in total. The number of carbonyl (C=O) groups is 2. The van der Waals surface area contributed by atoms with Gasteiger partial charge in [0.25, 0.3) is 0 Å². The summed E-state index contributed by atoms with van der Waals surface area (Å²) in [6, 6.07) is 15.5. The number of benzene rings is 2. The summed E-state index contributed by atoms with van der Waals surface area (Å²) >= 11 is 0. The van der Waals surface area contributed by atoms with Crippen molar-refractivity contribution in [2.45, 2.75) is 44.4 Å². The molecular weight excluding hydrogens is 368 g/mol. The van der Waals surface area contributed by atoms with Gasteiger partial charge in [0, 0.05) is 18.5 Å². The number of hydrogen-bond donors (Lipinski definition) is 0. The Morgan fingerprint density at radius 1 is 1.24 bits per heavy atom. The Morgan fingerprint density at radius 3 is 2.66 bits per heavy atom. The van der Waals surface area contributed by atoms with Crippen LogP contribution in [0.25, 0.3) is 0 Å². The van der Waals surface area contributed by atoms with Gasteiger partial charge in [-0.25, -0.2) is 4.79 Å². The van der Waals surface area contributed by atoms with Gasteiger partial charge in [-0.1, -0.05) is 18.2 Å². The molecule has 0 aromatic heterocycles. The van der Waals surface area contributed by atoms with Gasteiger partial charge in [-0.2, -0.15) is 5.26 Å². The second-order valence-corrected chi connectivity index (χ2v) is 7.90. The Bertz CT molecular complexity index is 994. The third-order valence-electron chi connectivity index (χ3n) is 5.49. The van der Waals surface area contributed by atoms with E-state index in [4.69, 9.17) is 9.47 Å². The van der Waals surface area contributed by atoms with Crippen molar-refractivity contribution in [3.8, 4) is 11.8 Å². The fraction of sp³-hybridized carbons (Fsp3) is 0.348. The molecule has 1 amide bonds. The van der Waals surface area contributed by atoms with Crippen molar-refractivity contribution in [1.29, 1.82) is 5.26 Å². The summed E-state index contributed by atoms with van der Waals surface area (Å²) in [6.45, 7) is 4.28. The van der Waals surface area contributed by atoms with Crippen LogP contribution in [0.2, 0.25) is 0 Å². The maximum atomic E-state index is 12.8. The summed E-state index contributed by atoms with van der Waals surface area (Å²) in [5, 5.41) is 9.35. The monoisotopic (exact) mass is 390 g/mol. The Balaban J connectivity index is 1.79. The predicted molar refractivity (Wildman–Crippen MR) is 105 cm³/mol. The first-order valence-electron chi connectivity index (χ1n) is 9.69. The van der Waals surface area contributed by atoms with Gasteiger partial charge in [-0.3, -0.25) is 4.79 Å². The number of esters is 1. The minimum absolute atomic E-state index is 0.0155. The van der Waals surface area contributed by atoms with Crippen molar-refractivity contribution in [2.24, 2.45) is 0 Å². The molecule has 1 saturated heterocycles. The van der Waals surface area contributed by atoms with Gasteiger partial charge in [0.2, 0.25) is 5.91 Å². The molecule has 2 aromatic carbocycles. The number of amides is 1. The maximum absolute atomic E-state index is 12.8. The molecule has 4 rings (SSSR count). The Morgan fingerprint density at radius 2 is 2.00 bits per heavy atom. The molecular formula is C23H22N2O4. The standard InChI is InChI=1S/C23H22N2O4/c1-23(2)21(28-22(27)16-7-4-3-5-8-16)20(25-12-6-9-19(25)26)17-13-15(14-24)10-11-18(17)29-23/h3-5,7-8,10-11,13,20-21H,6,9,12H2,1-2H3. The molecule has 0 bridgehead atoms. The van der Waals surface area contributed by atoms with Gasteiger partial charge < -0.3 is 14.4 Å². The van der Waals surface area contributed by atoms with Crippen molar-refractivity contribution in [3.05, 3.63) is 65.2 Å². The normalized spacial score (nSPS) is 22.4. The van der Waals surface area contributed by atoms with Gasteiger partial charge in [0.15, 0.2) is 6.10 Å². The third-order valence-corrected chi connectivity index (χ3v) is 5.49. The number of ether oxygens (including phenoxy) is 2. The van der Waals surface area contributed by atoms with E-state index < -0.39 is 23.7 Å². The largest absolute Gasteiger partial charge is 0.484 e. The molecule has 0 radical (unpaired) electrons. The fourth-order valence-electron chi connectivity index (χ4n) is 4.09. The highest BCUT2D eigenvalue weighted by molar-refractivity contribution is 5.89. The van der Waals surface area contributed by atoms with Crippen LogP contribution in [0.15, 0.2) is 48.5 Å². The average Bonchev–Trinajstić information content (AvgIpc) is 3.14. The van der Waals surface area contributed by atoms with Crippen LogP contribution in [0.5, 0.6) is 5.75 Å². The van der Waals surface area contributed by atoms with E-state index in [1.54, 1.807) is 47.4 Å². The topological polar surface area (TPSA) is 79.6 Å². The van der Waals surface area contributed by atoms with Crippen LogP contribution in [-0.4, -0.2) is 35.0 Å². The second-order valence-electron chi connectivity index (χ2n) is 7.90. The van der Waals surface area contributed by atoms with Gasteiger partial charge >= 0.3 is 5.97 Å². The molecule has 1 fully saturated rings. The number of hydrogen-bond acceptors (Lipinski definition) is 5. The van der Waals surface area contributed by atoms with E-state index in [2.05, 4.69) is 6.07 Å². The average molecular weight is 390 g/mol. The summed E-state index contributed by atoms with van der Waals surface area (Å²) in [4.78, 5) is 27.2. The lowest BCUT2D eigenvalue weighted by atomic mass is 9.84. The van der Waals surface area contributed by atoms with Crippen LogP contribution in [0.4, 0.5) is 0 Å². The van der Waals surface area contributed by atoms with Crippen LogP contribution in [0.3, 0.4) is 0 Å². The molecule has 0 N–H and O–H groups in total. The quantitative estimate of drug-likeness (QED) is 0.748. The summed E-state index contributed by atoms with van der Waals surface area (Å²) in [5.41, 5.74) is 0.742. The highest BCUT2D eigenvalue weighted by Crippen LogP contribution is 2.46. The Hall–Kier alpha value is -3.33. The van der Waals surface area contributed by atoms with Crippen LogP contribution in [0.1, 0.15) is 54.2 Å². The van der Waals surface area contributed by atoms with E-state index in [-0.39, 0.29) is 5.91 Å². The molecule has 29 heavy (non-hydrogen) atoms. The first-order chi connectivity index (χ1) is 13.9. The van der Waals surface area contributed by atoms with E-state index in [0.29, 0.717) is 35.4 Å². The van der Waals surface area contributed by atoms with Crippen molar-refractivity contribution >= 4 is 11.9 Å². The first kappa shape index (κ1) is 19.0. The fourth-order valence-corrected chi connectivity index (χ4v) is 4.09. The minimum Gasteiger partial charge on any atom is -0.484 e. The third kappa shape index (κ3) is 3.44. The Kier molecular flexibility index (Phi) is 4.75. The molecule has 0 saturated carbocycles. The van der Waals surface area contributed by atoms with Crippen molar-refractivity contribution in [3.63, 3.8) is 0 Å². The zero-order valence-electron chi connectivity index (χ0n) is 16.4. The summed E-state index contributed by atoms with van der Waals surface area (Å²) in [6.07, 6.45) is 0.493. The highest BCUT2D eigenvalue weighted by Gasteiger charge is 2.50. The Labute approximate surface area is 169 Å². The molecule has 2 unspecified atom stereocenters. The summed E-state index contributed by atoms with van der Waals surface area (Å²) in [7, 11) is 0. The summed E-state index contributed by atoms with van der Waals surface area (Å²) < 4.78 is 12.1. The number of fused-ring (bicyclic) bond motifs is 1. The number of nitriles is 1. The first-order valence-corrected chi connectivity index (χ1v) is 9.69. The van der Waals surface area contributed by atoms with E-state index in [0.717, 1.165) is 6.42 Å². The van der Waals surface area contributed by atoms with E-state index >= 15 is 0 Å². The lowest BCUT2D eigenvalue weighted by Gasteiger charge is -2.46. The molecule has 2 aliphatic heterocycles. The molecule has 0 spiro atoms. The second kappa shape index (κ2) is 7.25. The van der Waals surface area contributed by atoms with Crippen LogP contribution < -0.4 is 4.74 Å². The highest BCUT2D eigenvalue weighted by atomic mass is 16.6. The summed E-state index contributed by atoms with van der Waals surface area (Å²) in [5.74, 6) is 0.149. The smallest absolute Gasteiger partial charge is 0.338 e. The van der Waals surface area contributed by atoms with Gasteiger partial charge in [-0.05, 0) is 50.6 Å². The van der Waals surface area contributed by atoms with Crippen LogP contribution in [-0.2, 0) is 9.53 Å². The van der Waals surface area contributed by atoms with E-state index in [1.807, 2.05) is 19.9 Å². The SMILES string of the molecule is CC1(C)Oc2ccc(C#N)cc2C(N2CCCC2=O)C1OC(=O)c1ccccc1. The van der Waals surface area contributed by atoms with Crippen LogP contribution in [0, 0.1) is 11.3 Å².